The molecule has 1 aromatic rings. The van der Waals surface area contributed by atoms with Crippen molar-refractivity contribution in [3.05, 3.63) is 24.3 Å². The van der Waals surface area contributed by atoms with Crippen molar-refractivity contribution in [2.75, 3.05) is 13.2 Å². The molecule has 0 aliphatic carbocycles. The Morgan fingerprint density at radius 2 is 1.95 bits per heavy atom. The first-order chi connectivity index (χ1) is 9.99. The van der Waals surface area contributed by atoms with E-state index < -0.39 is 15.9 Å². The van der Waals surface area contributed by atoms with Crippen LogP contribution in [0.3, 0.4) is 0 Å². The molecule has 0 aromatic heterocycles. The van der Waals surface area contributed by atoms with Gasteiger partial charge < -0.3 is 4.74 Å². The Morgan fingerprint density at radius 3 is 2.52 bits per heavy atom. The summed E-state index contributed by atoms with van der Waals surface area (Å²) in [6, 6.07) is 6.06. The molecule has 21 heavy (non-hydrogen) atoms. The van der Waals surface area contributed by atoms with Crippen LogP contribution in [0.5, 0.6) is 5.75 Å². The number of nitrogens with one attached hydrogen (secondary N) is 2. The fraction of sp³-hybridized carbons (Fsp3) is 0.462. The molecule has 0 radical (unpaired) electrons. The van der Waals surface area contributed by atoms with Crippen LogP contribution in [0, 0.1) is 0 Å². The number of sulfonamides is 1. The number of hydrogen-bond acceptors (Lipinski definition) is 5. The monoisotopic (exact) mass is 316 g/mol. The van der Waals surface area contributed by atoms with Gasteiger partial charge >= 0.3 is 0 Å². The normalized spacial score (nSPS) is 11.1. The van der Waals surface area contributed by atoms with Gasteiger partial charge in [-0.3, -0.25) is 10.0 Å². The van der Waals surface area contributed by atoms with Crippen LogP contribution < -0.4 is 14.9 Å². The van der Waals surface area contributed by atoms with Gasteiger partial charge in [-0.05, 0) is 30.7 Å². The highest BCUT2D eigenvalue weighted by molar-refractivity contribution is 7.89. The van der Waals surface area contributed by atoms with Crippen molar-refractivity contribution in [2.24, 2.45) is 0 Å². The zero-order valence-electron chi connectivity index (χ0n) is 11.8. The summed E-state index contributed by atoms with van der Waals surface area (Å²) in [6.45, 7) is 2.56. The van der Waals surface area contributed by atoms with Gasteiger partial charge in [0.1, 0.15) is 5.75 Å². The maximum Gasteiger partial charge on any atom is 0.244 e. The first-order valence-electron chi connectivity index (χ1n) is 6.65. The smallest absolute Gasteiger partial charge is 0.244 e. The van der Waals surface area contributed by atoms with E-state index in [1.165, 1.54) is 17.6 Å². The third-order valence-corrected chi connectivity index (χ3v) is 4.15. The minimum absolute atomic E-state index is 0.0924. The van der Waals surface area contributed by atoms with Crippen LogP contribution in [0.4, 0.5) is 0 Å². The summed E-state index contributed by atoms with van der Waals surface area (Å²) in [6.07, 6.45) is 1.82. The number of hydrogen-bond donors (Lipinski definition) is 3. The lowest BCUT2D eigenvalue weighted by atomic mass is 10.3. The van der Waals surface area contributed by atoms with Gasteiger partial charge in [0.25, 0.3) is 0 Å². The lowest BCUT2D eigenvalue weighted by Gasteiger charge is -2.08. The van der Waals surface area contributed by atoms with Crippen molar-refractivity contribution < 1.29 is 23.2 Å². The maximum absolute atomic E-state index is 11.9. The molecular formula is C13H20N2O5S. The Morgan fingerprint density at radius 1 is 1.29 bits per heavy atom. The molecular weight excluding hydrogens is 296 g/mol. The fourth-order valence-corrected chi connectivity index (χ4v) is 2.52. The van der Waals surface area contributed by atoms with Gasteiger partial charge in [-0.1, -0.05) is 13.3 Å². The highest BCUT2D eigenvalue weighted by Crippen LogP contribution is 2.16. The topological polar surface area (TPSA) is 105 Å². The van der Waals surface area contributed by atoms with Crippen LogP contribution >= 0.6 is 0 Å². The molecule has 118 valence electrons. The minimum atomic E-state index is -3.67. The van der Waals surface area contributed by atoms with Gasteiger partial charge in [0.15, 0.2) is 0 Å². The summed E-state index contributed by atoms with van der Waals surface area (Å²) < 4.78 is 31.6. The summed E-state index contributed by atoms with van der Waals surface area (Å²) in [5, 5.41) is 8.31. The number of unbranched alkanes of at least 4 members (excludes halogenated alkanes) is 1. The molecule has 1 rings (SSSR count). The molecule has 3 N–H and O–H groups in total. The molecule has 1 aromatic carbocycles. The van der Waals surface area contributed by atoms with E-state index in [2.05, 4.69) is 11.6 Å². The van der Waals surface area contributed by atoms with E-state index >= 15 is 0 Å². The molecule has 7 nitrogen and oxygen atoms in total. The molecule has 0 saturated heterocycles. The summed E-state index contributed by atoms with van der Waals surface area (Å²) in [4.78, 5) is 10.9. The maximum atomic E-state index is 11.9. The second-order valence-corrected chi connectivity index (χ2v) is 6.12. The SMILES string of the molecule is CCCCOc1ccc(S(=O)(=O)NCCC(=O)NO)cc1. The van der Waals surface area contributed by atoms with Gasteiger partial charge in [-0.15, -0.1) is 0 Å². The van der Waals surface area contributed by atoms with Crippen LogP contribution in [0.15, 0.2) is 29.2 Å². The molecule has 0 bridgehead atoms. The Hall–Kier alpha value is -1.64. The Bertz CT molecular complexity index is 542. The van der Waals surface area contributed by atoms with E-state index in [1.54, 1.807) is 12.1 Å². The van der Waals surface area contributed by atoms with Crippen LogP contribution in [-0.4, -0.2) is 32.7 Å². The van der Waals surface area contributed by atoms with Gasteiger partial charge in [0, 0.05) is 13.0 Å². The third kappa shape index (κ3) is 6.11. The average molecular weight is 316 g/mol. The zero-order chi connectivity index (χ0) is 15.7. The van der Waals surface area contributed by atoms with Crippen molar-refractivity contribution in [1.29, 1.82) is 0 Å². The molecule has 0 fully saturated rings. The summed E-state index contributed by atoms with van der Waals surface area (Å²) >= 11 is 0. The number of benzene rings is 1. The third-order valence-electron chi connectivity index (χ3n) is 2.67. The van der Waals surface area contributed by atoms with E-state index in [0.29, 0.717) is 12.4 Å². The van der Waals surface area contributed by atoms with Gasteiger partial charge in [-0.25, -0.2) is 18.6 Å². The van der Waals surface area contributed by atoms with E-state index in [4.69, 9.17) is 9.94 Å². The van der Waals surface area contributed by atoms with Crippen LogP contribution in [0.1, 0.15) is 26.2 Å². The molecule has 0 saturated carbocycles. The second kappa shape index (κ2) is 8.60. The second-order valence-electron chi connectivity index (χ2n) is 4.36. The van der Waals surface area contributed by atoms with Crippen LogP contribution in [-0.2, 0) is 14.8 Å². The molecule has 0 heterocycles. The quantitative estimate of drug-likeness (QED) is 0.359. The van der Waals surface area contributed by atoms with Crippen molar-refractivity contribution in [1.82, 2.24) is 10.2 Å². The zero-order valence-corrected chi connectivity index (χ0v) is 12.6. The van der Waals surface area contributed by atoms with Gasteiger partial charge in [0.2, 0.25) is 15.9 Å². The lowest BCUT2D eigenvalue weighted by molar-refractivity contribution is -0.129. The molecule has 0 spiro atoms. The first kappa shape index (κ1) is 17.4. The van der Waals surface area contributed by atoms with E-state index in [-0.39, 0.29) is 17.9 Å². The number of hydroxylamine groups is 1. The highest BCUT2D eigenvalue weighted by atomic mass is 32.2. The van der Waals surface area contributed by atoms with E-state index in [0.717, 1.165) is 12.8 Å². The van der Waals surface area contributed by atoms with E-state index in [1.807, 2.05) is 0 Å². The summed E-state index contributed by atoms with van der Waals surface area (Å²) in [5.41, 5.74) is 1.43. The molecule has 1 amide bonds. The molecule has 8 heteroatoms. The van der Waals surface area contributed by atoms with Crippen molar-refractivity contribution in [3.8, 4) is 5.75 Å². The Kier molecular flexibility index (Phi) is 7.13. The van der Waals surface area contributed by atoms with Crippen LogP contribution in [0.2, 0.25) is 0 Å². The number of amides is 1. The van der Waals surface area contributed by atoms with Crippen molar-refractivity contribution in [3.63, 3.8) is 0 Å². The molecule has 0 atom stereocenters. The predicted molar refractivity (Wildman–Crippen MR) is 76.6 cm³/mol. The summed E-state index contributed by atoms with van der Waals surface area (Å²) in [7, 11) is -3.67. The van der Waals surface area contributed by atoms with Gasteiger partial charge in [0.05, 0.1) is 11.5 Å². The van der Waals surface area contributed by atoms with Crippen molar-refractivity contribution in [2.45, 2.75) is 31.1 Å². The highest BCUT2D eigenvalue weighted by Gasteiger charge is 2.14. The fourth-order valence-electron chi connectivity index (χ4n) is 1.49. The first-order valence-corrected chi connectivity index (χ1v) is 8.13. The Labute approximate surface area is 124 Å². The van der Waals surface area contributed by atoms with Crippen molar-refractivity contribution >= 4 is 15.9 Å². The average Bonchev–Trinajstić information content (AvgIpc) is 2.47. The minimum Gasteiger partial charge on any atom is -0.494 e. The number of carbonyl (C=O) groups excluding carboxylic acids is 1. The Balaban J connectivity index is 2.56. The molecule has 0 aliphatic rings. The molecule has 0 aliphatic heterocycles. The number of carbonyl (C=O) groups is 1. The van der Waals surface area contributed by atoms with Gasteiger partial charge in [-0.2, -0.15) is 0 Å². The predicted octanol–water partition coefficient (Wildman–Crippen LogP) is 1.04. The number of ether oxygens (including phenoxy) is 1. The largest absolute Gasteiger partial charge is 0.494 e. The van der Waals surface area contributed by atoms with Crippen LogP contribution in [0.25, 0.3) is 0 Å². The lowest BCUT2D eigenvalue weighted by Crippen LogP contribution is -2.29. The standard InChI is InChI=1S/C13H20N2O5S/c1-2-3-10-20-11-4-6-12(7-5-11)21(18,19)14-9-8-13(16)15-17/h4-7,14,17H,2-3,8-10H2,1H3,(H,15,16). The summed E-state index contributed by atoms with van der Waals surface area (Å²) in [5.74, 6) is -0.0422. The molecule has 0 unspecified atom stereocenters. The van der Waals surface area contributed by atoms with E-state index in [9.17, 15) is 13.2 Å². The number of rotatable bonds is 9.